The molecule has 1 atom stereocenters. The van der Waals surface area contributed by atoms with Crippen molar-refractivity contribution >= 4 is 17.7 Å². The Hall–Kier alpha value is -1.36. The van der Waals surface area contributed by atoms with Crippen LogP contribution >= 0.6 is 11.8 Å². The Morgan fingerprint density at radius 1 is 1.43 bits per heavy atom. The van der Waals surface area contributed by atoms with E-state index in [4.69, 9.17) is 14.6 Å². The van der Waals surface area contributed by atoms with E-state index in [0.717, 1.165) is 35.7 Å². The summed E-state index contributed by atoms with van der Waals surface area (Å²) >= 11 is 1.93. The van der Waals surface area contributed by atoms with E-state index in [1.807, 2.05) is 30.0 Å². The maximum atomic E-state index is 10.6. The summed E-state index contributed by atoms with van der Waals surface area (Å²) in [5.74, 6) is 3.00. The zero-order chi connectivity index (χ0) is 15.1. The van der Waals surface area contributed by atoms with Crippen LogP contribution in [0.2, 0.25) is 0 Å². The predicted molar refractivity (Wildman–Crippen MR) is 84.5 cm³/mol. The van der Waals surface area contributed by atoms with E-state index in [1.54, 1.807) is 7.11 Å². The van der Waals surface area contributed by atoms with Gasteiger partial charge in [0.2, 0.25) is 0 Å². The predicted octanol–water partition coefficient (Wildman–Crippen LogP) is 3.38. The molecule has 1 unspecified atom stereocenters. The van der Waals surface area contributed by atoms with Crippen molar-refractivity contribution in [3.05, 3.63) is 23.8 Å². The van der Waals surface area contributed by atoms with Gasteiger partial charge in [-0.25, -0.2) is 0 Å². The second-order valence-electron chi connectivity index (χ2n) is 5.19. The summed E-state index contributed by atoms with van der Waals surface area (Å²) in [4.78, 5) is 10.6. The molecule has 1 saturated heterocycles. The molecule has 1 aliphatic rings. The van der Waals surface area contributed by atoms with Crippen molar-refractivity contribution in [2.24, 2.45) is 0 Å². The second-order valence-corrected chi connectivity index (χ2v) is 6.34. The highest BCUT2D eigenvalue weighted by Gasteiger charge is 2.17. The van der Waals surface area contributed by atoms with Crippen molar-refractivity contribution in [1.29, 1.82) is 0 Å². The van der Waals surface area contributed by atoms with Gasteiger partial charge >= 0.3 is 5.97 Å². The van der Waals surface area contributed by atoms with Crippen molar-refractivity contribution in [2.75, 3.05) is 18.6 Å². The van der Waals surface area contributed by atoms with Crippen LogP contribution < -0.4 is 9.47 Å². The largest absolute Gasteiger partial charge is 0.493 e. The third-order valence-corrected chi connectivity index (χ3v) is 4.68. The van der Waals surface area contributed by atoms with Crippen LogP contribution in [0.4, 0.5) is 0 Å². The standard InChI is InChI=1S/C16H22O4S/c1-19-14-8-7-12(4-2-6-16(17)18)10-15(14)20-13-5-3-9-21-11-13/h7-8,10,13H,2-6,9,11H2,1H3,(H,17,18). The zero-order valence-corrected chi connectivity index (χ0v) is 13.2. The van der Waals surface area contributed by atoms with Gasteiger partial charge in [-0.05, 0) is 49.1 Å². The molecule has 1 aliphatic heterocycles. The van der Waals surface area contributed by atoms with Crippen LogP contribution in [0.15, 0.2) is 18.2 Å². The first-order chi connectivity index (χ1) is 10.2. The topological polar surface area (TPSA) is 55.8 Å². The van der Waals surface area contributed by atoms with Crippen LogP contribution in [0.25, 0.3) is 0 Å². The molecule has 21 heavy (non-hydrogen) atoms. The molecular formula is C16H22O4S. The zero-order valence-electron chi connectivity index (χ0n) is 12.3. The molecule has 1 fully saturated rings. The molecule has 1 aromatic carbocycles. The molecule has 0 radical (unpaired) electrons. The van der Waals surface area contributed by atoms with E-state index in [0.29, 0.717) is 6.42 Å². The van der Waals surface area contributed by atoms with Gasteiger partial charge in [0.1, 0.15) is 6.10 Å². The minimum Gasteiger partial charge on any atom is -0.493 e. The van der Waals surface area contributed by atoms with Crippen molar-refractivity contribution < 1.29 is 19.4 Å². The number of methoxy groups -OCH3 is 1. The quantitative estimate of drug-likeness (QED) is 0.836. The fourth-order valence-electron chi connectivity index (χ4n) is 2.40. The third kappa shape index (κ3) is 5.16. The molecule has 1 N–H and O–H groups in total. The number of hydrogen-bond donors (Lipinski definition) is 1. The fraction of sp³-hybridized carbons (Fsp3) is 0.562. The molecule has 1 heterocycles. The van der Waals surface area contributed by atoms with E-state index >= 15 is 0 Å². The van der Waals surface area contributed by atoms with E-state index in [1.165, 1.54) is 12.2 Å². The van der Waals surface area contributed by atoms with Crippen molar-refractivity contribution in [3.8, 4) is 11.5 Å². The SMILES string of the molecule is COc1ccc(CCCC(=O)O)cc1OC1CCCSC1. The Morgan fingerprint density at radius 2 is 2.29 bits per heavy atom. The lowest BCUT2D eigenvalue weighted by atomic mass is 10.1. The van der Waals surface area contributed by atoms with Gasteiger partial charge in [0.05, 0.1) is 7.11 Å². The van der Waals surface area contributed by atoms with Gasteiger partial charge < -0.3 is 14.6 Å². The van der Waals surface area contributed by atoms with Crippen LogP contribution in [-0.2, 0) is 11.2 Å². The average molecular weight is 310 g/mol. The lowest BCUT2D eigenvalue weighted by Crippen LogP contribution is -2.23. The van der Waals surface area contributed by atoms with Crippen LogP contribution in [0.3, 0.4) is 0 Å². The molecule has 1 aromatic rings. The first kappa shape index (κ1) is 16.0. The van der Waals surface area contributed by atoms with Gasteiger partial charge in [-0.15, -0.1) is 0 Å². The van der Waals surface area contributed by atoms with E-state index in [-0.39, 0.29) is 12.5 Å². The highest BCUT2D eigenvalue weighted by Crippen LogP contribution is 2.32. The molecular weight excluding hydrogens is 288 g/mol. The molecule has 0 amide bonds. The molecule has 0 aliphatic carbocycles. The minimum absolute atomic E-state index is 0.196. The van der Waals surface area contributed by atoms with Crippen LogP contribution in [0.1, 0.15) is 31.2 Å². The van der Waals surface area contributed by atoms with E-state index in [9.17, 15) is 4.79 Å². The summed E-state index contributed by atoms with van der Waals surface area (Å²) in [6.07, 6.45) is 4.09. The van der Waals surface area contributed by atoms with Gasteiger partial charge in [0.25, 0.3) is 0 Å². The van der Waals surface area contributed by atoms with Gasteiger partial charge in [0.15, 0.2) is 11.5 Å². The number of carboxylic acids is 1. The monoisotopic (exact) mass is 310 g/mol. The van der Waals surface area contributed by atoms with Gasteiger partial charge in [-0.2, -0.15) is 11.8 Å². The summed E-state index contributed by atoms with van der Waals surface area (Å²) in [6, 6.07) is 5.87. The Morgan fingerprint density at radius 3 is 2.95 bits per heavy atom. The molecule has 0 aromatic heterocycles. The Balaban J connectivity index is 2.00. The molecule has 4 nitrogen and oxygen atoms in total. The Labute approximate surface area is 129 Å². The molecule has 116 valence electrons. The number of rotatable bonds is 7. The maximum Gasteiger partial charge on any atom is 0.303 e. The van der Waals surface area contributed by atoms with Crippen molar-refractivity contribution in [1.82, 2.24) is 0 Å². The number of thioether (sulfide) groups is 1. The smallest absolute Gasteiger partial charge is 0.303 e. The highest BCUT2D eigenvalue weighted by atomic mass is 32.2. The van der Waals surface area contributed by atoms with Crippen LogP contribution in [0.5, 0.6) is 11.5 Å². The number of hydrogen-bond acceptors (Lipinski definition) is 4. The first-order valence-corrected chi connectivity index (χ1v) is 8.47. The molecule has 2 rings (SSSR count). The van der Waals surface area contributed by atoms with Crippen LogP contribution in [-0.4, -0.2) is 35.8 Å². The lowest BCUT2D eigenvalue weighted by Gasteiger charge is -2.24. The van der Waals surface area contributed by atoms with E-state index in [2.05, 4.69) is 0 Å². The number of benzene rings is 1. The molecule has 0 spiro atoms. The summed E-state index contributed by atoms with van der Waals surface area (Å²) in [6.45, 7) is 0. The Kier molecular flexibility index (Phi) is 6.23. The summed E-state index contributed by atoms with van der Waals surface area (Å²) in [5, 5.41) is 8.70. The fourth-order valence-corrected chi connectivity index (χ4v) is 3.43. The molecule has 0 saturated carbocycles. The number of carbonyl (C=O) groups is 1. The Bertz CT molecular complexity index is 469. The van der Waals surface area contributed by atoms with E-state index < -0.39 is 5.97 Å². The van der Waals surface area contributed by atoms with Gasteiger partial charge in [-0.3, -0.25) is 4.79 Å². The van der Waals surface area contributed by atoms with Crippen LogP contribution in [0, 0.1) is 0 Å². The lowest BCUT2D eigenvalue weighted by molar-refractivity contribution is -0.137. The number of ether oxygens (including phenoxy) is 2. The third-order valence-electron chi connectivity index (χ3n) is 3.50. The highest BCUT2D eigenvalue weighted by molar-refractivity contribution is 7.99. The number of aryl methyl sites for hydroxylation is 1. The molecule has 0 bridgehead atoms. The average Bonchev–Trinajstić information content (AvgIpc) is 2.48. The molecule has 5 heteroatoms. The van der Waals surface area contributed by atoms with Gasteiger partial charge in [-0.1, -0.05) is 6.07 Å². The minimum atomic E-state index is -0.751. The normalized spacial score (nSPS) is 18.2. The summed E-state index contributed by atoms with van der Waals surface area (Å²) < 4.78 is 11.4. The first-order valence-electron chi connectivity index (χ1n) is 7.32. The second kappa shape index (κ2) is 8.17. The number of carboxylic acid groups (broad SMARTS) is 1. The van der Waals surface area contributed by atoms with Gasteiger partial charge in [0, 0.05) is 12.2 Å². The number of aliphatic carboxylic acids is 1. The summed E-state index contributed by atoms with van der Waals surface area (Å²) in [7, 11) is 1.64. The summed E-state index contributed by atoms with van der Waals surface area (Å²) in [5.41, 5.74) is 1.09. The van der Waals surface area contributed by atoms with Crippen molar-refractivity contribution in [3.63, 3.8) is 0 Å². The van der Waals surface area contributed by atoms with Crippen molar-refractivity contribution in [2.45, 2.75) is 38.2 Å². The maximum absolute atomic E-state index is 10.6.